The van der Waals surface area contributed by atoms with Gasteiger partial charge < -0.3 is 15.0 Å². The highest BCUT2D eigenvalue weighted by Gasteiger charge is 2.32. The number of benzene rings is 2. The van der Waals surface area contributed by atoms with E-state index in [-0.39, 0.29) is 18.4 Å². The molecule has 1 N–H and O–H groups in total. The van der Waals surface area contributed by atoms with Crippen molar-refractivity contribution in [2.24, 2.45) is 0 Å². The van der Waals surface area contributed by atoms with E-state index in [4.69, 9.17) is 4.74 Å². The quantitative estimate of drug-likeness (QED) is 0.911. The Kier molecular flexibility index (Phi) is 5.33. The Hall–Kier alpha value is -2.82. The molecule has 0 fully saturated rings. The lowest BCUT2D eigenvalue weighted by molar-refractivity contribution is -0.127. The lowest BCUT2D eigenvalue weighted by atomic mass is 10.1. The van der Waals surface area contributed by atoms with Crippen molar-refractivity contribution in [3.8, 4) is 5.75 Å². The standard InChI is InChI=1S/C20H22N2O3/c1-21-20(24)18-14-22(16-11-5-6-12-17(16)25-18)19(23)13-7-10-15-8-3-2-4-9-15/h2-6,8-9,11-12,18H,7,10,13-14H2,1H3,(H,21,24). The van der Waals surface area contributed by atoms with Gasteiger partial charge in [0, 0.05) is 13.5 Å². The number of nitrogens with zero attached hydrogens (tertiary/aromatic N) is 1. The van der Waals surface area contributed by atoms with Crippen LogP contribution in [0.4, 0.5) is 5.69 Å². The molecule has 0 radical (unpaired) electrons. The minimum Gasteiger partial charge on any atom is -0.477 e. The van der Waals surface area contributed by atoms with Gasteiger partial charge in [-0.3, -0.25) is 9.59 Å². The summed E-state index contributed by atoms with van der Waals surface area (Å²) in [5.41, 5.74) is 1.95. The Morgan fingerprint density at radius 3 is 2.60 bits per heavy atom. The summed E-state index contributed by atoms with van der Waals surface area (Å²) in [6.07, 6.45) is 1.38. The predicted molar refractivity (Wildman–Crippen MR) is 96.7 cm³/mol. The number of nitrogens with one attached hydrogen (secondary N) is 1. The molecule has 25 heavy (non-hydrogen) atoms. The van der Waals surface area contributed by atoms with E-state index >= 15 is 0 Å². The molecule has 5 heteroatoms. The largest absolute Gasteiger partial charge is 0.477 e. The van der Waals surface area contributed by atoms with E-state index in [0.29, 0.717) is 12.2 Å². The third-order valence-corrected chi connectivity index (χ3v) is 4.31. The van der Waals surface area contributed by atoms with Gasteiger partial charge in [0.1, 0.15) is 5.75 Å². The smallest absolute Gasteiger partial charge is 0.262 e. The van der Waals surface area contributed by atoms with Crippen LogP contribution in [-0.4, -0.2) is 31.5 Å². The van der Waals surface area contributed by atoms with Crippen LogP contribution >= 0.6 is 0 Å². The van der Waals surface area contributed by atoms with Gasteiger partial charge in [0.25, 0.3) is 5.91 Å². The van der Waals surface area contributed by atoms with Crippen LogP contribution in [0.3, 0.4) is 0 Å². The number of fused-ring (bicyclic) bond motifs is 1. The predicted octanol–water partition coefficient (Wildman–Crippen LogP) is 2.55. The fourth-order valence-corrected chi connectivity index (χ4v) is 2.99. The van der Waals surface area contributed by atoms with Gasteiger partial charge in [-0.1, -0.05) is 42.5 Å². The second-order valence-electron chi connectivity index (χ2n) is 6.03. The van der Waals surface area contributed by atoms with Crippen molar-refractivity contribution in [1.82, 2.24) is 5.32 Å². The minimum absolute atomic E-state index is 0.0144. The molecular weight excluding hydrogens is 316 g/mol. The molecule has 3 rings (SSSR count). The molecule has 0 saturated carbocycles. The molecule has 0 aliphatic carbocycles. The number of para-hydroxylation sites is 2. The fraction of sp³-hybridized carbons (Fsp3) is 0.300. The molecule has 2 aromatic rings. The van der Waals surface area contributed by atoms with Crippen LogP contribution in [0.1, 0.15) is 18.4 Å². The maximum absolute atomic E-state index is 12.7. The third-order valence-electron chi connectivity index (χ3n) is 4.31. The second-order valence-corrected chi connectivity index (χ2v) is 6.03. The number of aryl methyl sites for hydroxylation is 1. The topological polar surface area (TPSA) is 58.6 Å². The van der Waals surface area contributed by atoms with Crippen molar-refractivity contribution >= 4 is 17.5 Å². The normalized spacial score (nSPS) is 15.9. The van der Waals surface area contributed by atoms with E-state index in [9.17, 15) is 9.59 Å². The van der Waals surface area contributed by atoms with Gasteiger partial charge >= 0.3 is 0 Å². The average Bonchev–Trinajstić information content (AvgIpc) is 2.67. The van der Waals surface area contributed by atoms with Crippen LogP contribution in [0.25, 0.3) is 0 Å². The highest BCUT2D eigenvalue weighted by atomic mass is 16.5. The Morgan fingerprint density at radius 1 is 1.12 bits per heavy atom. The first-order chi connectivity index (χ1) is 12.2. The van der Waals surface area contributed by atoms with Gasteiger partial charge in [-0.05, 0) is 30.5 Å². The van der Waals surface area contributed by atoms with Crippen molar-refractivity contribution in [1.29, 1.82) is 0 Å². The van der Waals surface area contributed by atoms with E-state index < -0.39 is 6.10 Å². The zero-order valence-corrected chi connectivity index (χ0v) is 14.3. The number of anilines is 1. The SMILES string of the molecule is CNC(=O)C1CN(C(=O)CCCc2ccccc2)c2ccccc2O1. The second kappa shape index (κ2) is 7.83. The summed E-state index contributed by atoms with van der Waals surface area (Å²) in [4.78, 5) is 26.4. The molecule has 5 nitrogen and oxygen atoms in total. The van der Waals surface area contributed by atoms with Gasteiger partial charge in [-0.2, -0.15) is 0 Å². The molecule has 0 aromatic heterocycles. The summed E-state index contributed by atoms with van der Waals surface area (Å²) in [7, 11) is 1.57. The summed E-state index contributed by atoms with van der Waals surface area (Å²) >= 11 is 0. The lowest BCUT2D eigenvalue weighted by Crippen LogP contribution is -2.50. The summed E-state index contributed by atoms with van der Waals surface area (Å²) in [5, 5.41) is 2.59. The summed E-state index contributed by atoms with van der Waals surface area (Å²) in [6, 6.07) is 17.5. The molecule has 1 aliphatic rings. The van der Waals surface area contributed by atoms with Crippen LogP contribution < -0.4 is 15.0 Å². The highest BCUT2D eigenvalue weighted by molar-refractivity contribution is 5.97. The maximum atomic E-state index is 12.7. The zero-order valence-electron chi connectivity index (χ0n) is 14.3. The highest BCUT2D eigenvalue weighted by Crippen LogP contribution is 2.33. The number of rotatable bonds is 5. The Morgan fingerprint density at radius 2 is 1.84 bits per heavy atom. The third kappa shape index (κ3) is 3.99. The van der Waals surface area contributed by atoms with Crippen molar-refractivity contribution in [3.05, 3.63) is 60.2 Å². The van der Waals surface area contributed by atoms with Crippen LogP contribution in [0.2, 0.25) is 0 Å². The van der Waals surface area contributed by atoms with Crippen LogP contribution in [-0.2, 0) is 16.0 Å². The van der Waals surface area contributed by atoms with Gasteiger partial charge in [-0.25, -0.2) is 0 Å². The molecule has 0 saturated heterocycles. The van der Waals surface area contributed by atoms with E-state index in [1.807, 2.05) is 36.4 Å². The molecule has 1 unspecified atom stereocenters. The van der Waals surface area contributed by atoms with Crippen LogP contribution in [0.15, 0.2) is 54.6 Å². The average molecular weight is 338 g/mol. The lowest BCUT2D eigenvalue weighted by Gasteiger charge is -2.34. The molecule has 2 amide bonds. The van der Waals surface area contributed by atoms with Gasteiger partial charge in [-0.15, -0.1) is 0 Å². The van der Waals surface area contributed by atoms with Gasteiger partial charge in [0.2, 0.25) is 5.91 Å². The number of hydrogen-bond acceptors (Lipinski definition) is 3. The van der Waals surface area contributed by atoms with E-state index in [1.54, 1.807) is 18.0 Å². The molecule has 0 bridgehead atoms. The number of ether oxygens (including phenoxy) is 1. The number of carbonyl (C=O) groups excluding carboxylic acids is 2. The van der Waals surface area contributed by atoms with Crippen LogP contribution in [0.5, 0.6) is 5.75 Å². The van der Waals surface area contributed by atoms with Gasteiger partial charge in [0.05, 0.1) is 12.2 Å². The van der Waals surface area contributed by atoms with Crippen molar-refractivity contribution < 1.29 is 14.3 Å². The molecule has 1 aliphatic heterocycles. The Bertz CT molecular complexity index is 746. The number of hydrogen-bond donors (Lipinski definition) is 1. The fourth-order valence-electron chi connectivity index (χ4n) is 2.99. The monoisotopic (exact) mass is 338 g/mol. The molecule has 2 aromatic carbocycles. The molecule has 1 atom stereocenters. The summed E-state index contributed by atoms with van der Waals surface area (Å²) in [5.74, 6) is 0.357. The number of carbonyl (C=O) groups is 2. The zero-order chi connectivity index (χ0) is 17.6. The van der Waals surface area contributed by atoms with Crippen LogP contribution in [0, 0.1) is 0 Å². The first-order valence-electron chi connectivity index (χ1n) is 8.50. The molecule has 130 valence electrons. The van der Waals surface area contributed by atoms with E-state index in [1.165, 1.54) is 5.56 Å². The summed E-state index contributed by atoms with van der Waals surface area (Å²) in [6.45, 7) is 0.237. The number of likely N-dealkylation sites (N-methyl/N-ethyl adjacent to an activating group) is 1. The van der Waals surface area contributed by atoms with Crippen molar-refractivity contribution in [2.75, 3.05) is 18.5 Å². The van der Waals surface area contributed by atoms with Crippen molar-refractivity contribution in [3.63, 3.8) is 0 Å². The molecule has 1 heterocycles. The Balaban J connectivity index is 1.68. The van der Waals surface area contributed by atoms with E-state index in [0.717, 1.165) is 18.5 Å². The maximum Gasteiger partial charge on any atom is 0.262 e. The van der Waals surface area contributed by atoms with E-state index in [2.05, 4.69) is 17.4 Å². The Labute approximate surface area is 147 Å². The molecular formula is C20H22N2O3. The first-order valence-corrected chi connectivity index (χ1v) is 8.50. The first kappa shape index (κ1) is 17.0. The summed E-state index contributed by atoms with van der Waals surface area (Å²) < 4.78 is 5.73. The minimum atomic E-state index is -0.682. The number of amides is 2. The van der Waals surface area contributed by atoms with Gasteiger partial charge in [0.15, 0.2) is 6.10 Å². The van der Waals surface area contributed by atoms with Crippen molar-refractivity contribution in [2.45, 2.75) is 25.4 Å². The molecule has 0 spiro atoms.